The lowest BCUT2D eigenvalue weighted by molar-refractivity contribution is -0.680. The molecule has 1 aliphatic carbocycles. The van der Waals surface area contributed by atoms with E-state index in [1.54, 1.807) is 0 Å². The monoisotopic (exact) mass is 204 g/mol. The van der Waals surface area contributed by atoms with Gasteiger partial charge in [0.25, 0.3) is 12.1 Å². The van der Waals surface area contributed by atoms with Crippen molar-refractivity contribution in [2.24, 2.45) is 10.6 Å². The van der Waals surface area contributed by atoms with E-state index in [-0.39, 0.29) is 9.72 Å². The van der Waals surface area contributed by atoms with E-state index >= 15 is 0 Å². The molecule has 0 aliphatic heterocycles. The average Bonchev–Trinajstić information content (AvgIpc) is 2.27. The first-order chi connectivity index (χ1) is 6.70. The van der Waals surface area contributed by atoms with Gasteiger partial charge in [0.15, 0.2) is 10.6 Å². The first-order valence-electron chi connectivity index (χ1n) is 4.33. The van der Waals surface area contributed by atoms with Gasteiger partial charge in [-0.05, 0) is 22.6 Å². The minimum atomic E-state index is -0.748. The Morgan fingerprint density at radius 1 is 0.929 bits per heavy atom. The van der Waals surface area contributed by atoms with E-state index in [4.69, 9.17) is 10.4 Å². The predicted octanol–water partition coefficient (Wildman–Crippen LogP) is 1.00. The Bertz CT molecular complexity index is 228. The van der Waals surface area contributed by atoms with Crippen molar-refractivity contribution >= 4 is 0 Å². The molecule has 80 valence electrons. The summed E-state index contributed by atoms with van der Waals surface area (Å²) in [6.45, 7) is 0. The van der Waals surface area contributed by atoms with Crippen molar-refractivity contribution in [3.63, 3.8) is 0 Å². The van der Waals surface area contributed by atoms with Gasteiger partial charge < -0.3 is 20.8 Å². The first kappa shape index (κ1) is 10.5. The largest absolute Gasteiger partial charge is 0.597 e. The average molecular weight is 204 g/mol. The molecule has 0 radical (unpaired) electrons. The highest BCUT2D eigenvalue weighted by Gasteiger charge is 2.40. The molecule has 0 amide bonds. The molecule has 0 saturated heterocycles. The van der Waals surface area contributed by atoms with E-state index in [0.29, 0.717) is 12.8 Å². The third-order valence-electron chi connectivity index (χ3n) is 2.44. The Balaban J connectivity index is 2.79. The predicted molar refractivity (Wildman–Crippen MR) is 41.7 cm³/mol. The quantitative estimate of drug-likeness (QED) is 0.396. The molecule has 1 saturated carbocycles. The van der Waals surface area contributed by atoms with Crippen molar-refractivity contribution in [1.82, 2.24) is 0 Å². The third kappa shape index (κ3) is 2.01. The van der Waals surface area contributed by atoms with E-state index in [9.17, 15) is 10.4 Å². The summed E-state index contributed by atoms with van der Waals surface area (Å²) in [5, 5.41) is 43.5. The van der Waals surface area contributed by atoms with Crippen LogP contribution in [0.3, 0.4) is 0 Å². The molecule has 8 heteroatoms. The summed E-state index contributed by atoms with van der Waals surface area (Å²) in [5.41, 5.74) is 0. The highest BCUT2D eigenvalue weighted by molar-refractivity contribution is 4.73. The molecule has 1 fully saturated rings. The van der Waals surface area contributed by atoms with E-state index in [1.807, 2.05) is 0 Å². The zero-order valence-electron chi connectivity index (χ0n) is 7.48. The van der Waals surface area contributed by atoms with Crippen LogP contribution in [0.5, 0.6) is 0 Å². The lowest BCUT2D eigenvalue weighted by Crippen LogP contribution is -2.42. The molecule has 0 aromatic rings. The van der Waals surface area contributed by atoms with Crippen LogP contribution in [0.4, 0.5) is 0 Å². The molecular weight excluding hydrogens is 192 g/mol. The van der Waals surface area contributed by atoms with Gasteiger partial charge in [-0.25, -0.2) is 0 Å². The Kier molecular flexibility index (Phi) is 3.43. The number of rotatable bonds is 2. The zero-order valence-corrected chi connectivity index (χ0v) is 7.48. The summed E-state index contributed by atoms with van der Waals surface area (Å²) in [7, 11) is 0. The highest BCUT2D eigenvalue weighted by atomic mass is 16.6. The van der Waals surface area contributed by atoms with Crippen LogP contribution in [0.1, 0.15) is 25.7 Å². The highest BCUT2D eigenvalue weighted by Crippen LogP contribution is 2.23. The number of hydrogen-bond acceptors (Lipinski definition) is 4. The number of nitrogens with zero attached hydrogens (tertiary/aromatic N) is 4. The standard InChI is InChI=1S/C6H12N4O4/c11-7-9(13)5-3-1-2-4-6(5)10(14)8-12/h5-6,11-12H,1-4H2. The second kappa shape index (κ2) is 4.58. The first-order valence-corrected chi connectivity index (χ1v) is 4.33. The van der Waals surface area contributed by atoms with Gasteiger partial charge in [0.05, 0.1) is 0 Å². The summed E-state index contributed by atoms with van der Waals surface area (Å²) < 4.78 is 0. The third-order valence-corrected chi connectivity index (χ3v) is 2.44. The summed E-state index contributed by atoms with van der Waals surface area (Å²) in [6.07, 6.45) is 2.47. The molecule has 0 bridgehead atoms. The van der Waals surface area contributed by atoms with E-state index in [2.05, 4.69) is 10.6 Å². The summed E-state index contributed by atoms with van der Waals surface area (Å²) in [4.78, 5) is 0.166. The van der Waals surface area contributed by atoms with Gasteiger partial charge in [0, 0.05) is 12.8 Å². The maximum atomic E-state index is 11.0. The van der Waals surface area contributed by atoms with Crippen LogP contribution < -0.4 is 0 Å². The topological polar surface area (TPSA) is 117 Å². The Morgan fingerprint density at radius 3 is 1.57 bits per heavy atom. The Labute approximate surface area is 79.9 Å². The molecule has 14 heavy (non-hydrogen) atoms. The fraction of sp³-hybridized carbons (Fsp3) is 1.00. The maximum Gasteiger partial charge on any atom is 0.257 e. The van der Waals surface area contributed by atoms with Crippen LogP contribution in [-0.4, -0.2) is 32.2 Å². The van der Waals surface area contributed by atoms with E-state index in [0.717, 1.165) is 12.8 Å². The van der Waals surface area contributed by atoms with Crippen LogP contribution in [0.15, 0.2) is 10.6 Å². The lowest BCUT2D eigenvalue weighted by atomic mass is 9.91. The molecule has 8 nitrogen and oxygen atoms in total. The molecule has 2 unspecified atom stereocenters. The fourth-order valence-corrected chi connectivity index (χ4v) is 1.74. The lowest BCUT2D eigenvalue weighted by Gasteiger charge is -2.22. The van der Waals surface area contributed by atoms with Crippen molar-refractivity contribution in [2.75, 3.05) is 0 Å². The van der Waals surface area contributed by atoms with Crippen molar-refractivity contribution in [1.29, 1.82) is 0 Å². The van der Waals surface area contributed by atoms with Gasteiger partial charge in [0.2, 0.25) is 0 Å². The normalized spacial score (nSPS) is 30.3. The van der Waals surface area contributed by atoms with E-state index in [1.165, 1.54) is 0 Å². The minimum absolute atomic E-state index is 0.0832. The van der Waals surface area contributed by atoms with Gasteiger partial charge in [-0.2, -0.15) is 0 Å². The summed E-state index contributed by atoms with van der Waals surface area (Å²) >= 11 is 0. The fourth-order valence-electron chi connectivity index (χ4n) is 1.74. The number of hydrogen-bond donors (Lipinski definition) is 2. The SMILES string of the molecule is [O-][N+](=NO)C1CCCCC1[N+]([O-])=NO. The van der Waals surface area contributed by atoms with Crippen LogP contribution >= 0.6 is 0 Å². The van der Waals surface area contributed by atoms with Gasteiger partial charge in [0.1, 0.15) is 0 Å². The zero-order chi connectivity index (χ0) is 10.6. The Hall–Kier alpha value is -1.60. The number of hydroxylamine groups is 2. The summed E-state index contributed by atoms with van der Waals surface area (Å²) in [6, 6.07) is -1.50. The van der Waals surface area contributed by atoms with Crippen molar-refractivity contribution in [3.8, 4) is 0 Å². The van der Waals surface area contributed by atoms with Gasteiger partial charge in [-0.15, -0.1) is 0 Å². The molecule has 0 heterocycles. The summed E-state index contributed by atoms with van der Waals surface area (Å²) in [5.74, 6) is 0. The van der Waals surface area contributed by atoms with Gasteiger partial charge in [-0.3, -0.25) is 0 Å². The van der Waals surface area contributed by atoms with Crippen molar-refractivity contribution in [3.05, 3.63) is 10.4 Å². The second-order valence-corrected chi connectivity index (χ2v) is 3.20. The molecule has 2 N–H and O–H groups in total. The smallest absolute Gasteiger partial charge is 0.257 e. The van der Waals surface area contributed by atoms with Crippen LogP contribution in [0.25, 0.3) is 0 Å². The van der Waals surface area contributed by atoms with Crippen LogP contribution in [-0.2, 0) is 0 Å². The van der Waals surface area contributed by atoms with Gasteiger partial charge in [-0.1, -0.05) is 0 Å². The van der Waals surface area contributed by atoms with Crippen LogP contribution in [0, 0.1) is 10.4 Å². The maximum absolute atomic E-state index is 11.0. The van der Waals surface area contributed by atoms with Gasteiger partial charge >= 0.3 is 0 Å². The van der Waals surface area contributed by atoms with Crippen LogP contribution in [0.2, 0.25) is 0 Å². The Morgan fingerprint density at radius 2 is 1.29 bits per heavy atom. The molecule has 2 atom stereocenters. The van der Waals surface area contributed by atoms with Crippen molar-refractivity contribution in [2.45, 2.75) is 37.8 Å². The molecule has 0 aromatic heterocycles. The molecule has 1 rings (SSSR count). The molecule has 0 spiro atoms. The minimum Gasteiger partial charge on any atom is -0.597 e. The van der Waals surface area contributed by atoms with Crippen molar-refractivity contribution < 1.29 is 20.1 Å². The molecular formula is C6H12N4O4. The molecule has 1 aliphatic rings. The molecule has 0 aromatic carbocycles. The van der Waals surface area contributed by atoms with E-state index < -0.39 is 12.1 Å². The second-order valence-electron chi connectivity index (χ2n) is 3.20.